The van der Waals surface area contributed by atoms with Gasteiger partial charge in [-0.2, -0.15) is 0 Å². The molecule has 1 heterocycles. The standard InChI is InChI=1S/C13H8N2O3/c16-11-10-8-4-2-1-3-7(8)5-6-9(10)14-15-13(18)12(11)17/h1-6,14H,(H,15,18). The van der Waals surface area contributed by atoms with Crippen LogP contribution in [0.5, 0.6) is 0 Å². The second-order valence-corrected chi connectivity index (χ2v) is 3.95. The lowest BCUT2D eigenvalue weighted by atomic mass is 10.1. The Kier molecular flexibility index (Phi) is 2.13. The number of rotatable bonds is 0. The van der Waals surface area contributed by atoms with Crippen molar-refractivity contribution in [1.82, 2.24) is 10.2 Å². The van der Waals surface area contributed by atoms with Crippen molar-refractivity contribution in [2.24, 2.45) is 0 Å². The largest absolute Gasteiger partial charge is 0.314 e. The fourth-order valence-electron chi connectivity index (χ4n) is 2.02. The van der Waals surface area contributed by atoms with Gasteiger partial charge in [0, 0.05) is 0 Å². The van der Waals surface area contributed by atoms with Gasteiger partial charge in [0.1, 0.15) is 0 Å². The number of nitrogens with one attached hydrogen (secondary N) is 2. The molecule has 5 heteroatoms. The summed E-state index contributed by atoms with van der Waals surface area (Å²) in [5.74, 6) is 0. The summed E-state index contributed by atoms with van der Waals surface area (Å²) in [6, 6.07) is 10.7. The van der Waals surface area contributed by atoms with Gasteiger partial charge < -0.3 is 0 Å². The molecular weight excluding hydrogens is 232 g/mol. The quantitative estimate of drug-likeness (QED) is 0.568. The highest BCUT2D eigenvalue weighted by atomic mass is 16.2. The molecule has 0 amide bonds. The molecule has 88 valence electrons. The zero-order chi connectivity index (χ0) is 12.7. The van der Waals surface area contributed by atoms with Crippen LogP contribution in [0, 0.1) is 0 Å². The van der Waals surface area contributed by atoms with Crippen molar-refractivity contribution < 1.29 is 0 Å². The zero-order valence-corrected chi connectivity index (χ0v) is 9.19. The molecule has 0 aliphatic carbocycles. The van der Waals surface area contributed by atoms with Gasteiger partial charge in [0.25, 0.3) is 5.43 Å². The van der Waals surface area contributed by atoms with E-state index in [-0.39, 0.29) is 5.39 Å². The van der Waals surface area contributed by atoms with Gasteiger partial charge in [-0.1, -0.05) is 30.3 Å². The van der Waals surface area contributed by atoms with Gasteiger partial charge in [-0.25, -0.2) is 0 Å². The normalized spacial score (nSPS) is 10.9. The van der Waals surface area contributed by atoms with Gasteiger partial charge in [-0.15, -0.1) is 0 Å². The second-order valence-electron chi connectivity index (χ2n) is 3.95. The minimum absolute atomic E-state index is 0.233. The van der Waals surface area contributed by atoms with Gasteiger partial charge in [-0.05, 0) is 16.8 Å². The van der Waals surface area contributed by atoms with Crippen molar-refractivity contribution in [3.05, 3.63) is 67.2 Å². The molecule has 0 radical (unpaired) electrons. The Labute approximate surface area is 99.7 Å². The van der Waals surface area contributed by atoms with E-state index in [4.69, 9.17) is 0 Å². The van der Waals surface area contributed by atoms with Crippen LogP contribution in [0.25, 0.3) is 21.7 Å². The number of hydrogen-bond donors (Lipinski definition) is 2. The van der Waals surface area contributed by atoms with Gasteiger partial charge >= 0.3 is 5.56 Å². The third-order valence-electron chi connectivity index (χ3n) is 2.88. The molecule has 0 aliphatic heterocycles. The zero-order valence-electron chi connectivity index (χ0n) is 9.19. The van der Waals surface area contributed by atoms with Gasteiger partial charge in [0.05, 0.1) is 10.9 Å². The highest BCUT2D eigenvalue weighted by Gasteiger charge is 2.07. The Balaban J connectivity index is 2.80. The number of aromatic nitrogens is 2. The molecule has 0 unspecified atom stereocenters. The molecule has 2 N–H and O–H groups in total. The van der Waals surface area contributed by atoms with Crippen LogP contribution >= 0.6 is 0 Å². The Hall–Kier alpha value is -2.69. The van der Waals surface area contributed by atoms with Crippen LogP contribution in [0.15, 0.2) is 50.8 Å². The summed E-state index contributed by atoms with van der Waals surface area (Å²) < 4.78 is 0. The summed E-state index contributed by atoms with van der Waals surface area (Å²) in [6.45, 7) is 0. The Morgan fingerprint density at radius 2 is 1.56 bits per heavy atom. The van der Waals surface area contributed by atoms with E-state index in [0.29, 0.717) is 10.9 Å². The van der Waals surface area contributed by atoms with E-state index in [1.165, 1.54) is 0 Å². The Morgan fingerprint density at radius 1 is 0.778 bits per heavy atom. The Bertz CT molecular complexity index is 938. The van der Waals surface area contributed by atoms with E-state index >= 15 is 0 Å². The van der Waals surface area contributed by atoms with Crippen molar-refractivity contribution >= 4 is 21.7 Å². The number of benzene rings is 2. The highest BCUT2D eigenvalue weighted by Crippen LogP contribution is 2.19. The van der Waals surface area contributed by atoms with Crippen LogP contribution in [-0.4, -0.2) is 10.2 Å². The fourth-order valence-corrected chi connectivity index (χ4v) is 2.02. The lowest BCUT2D eigenvalue weighted by Gasteiger charge is -1.98. The molecule has 3 aromatic rings. The maximum Gasteiger partial charge on any atom is 0.314 e. The summed E-state index contributed by atoms with van der Waals surface area (Å²) in [6.07, 6.45) is 0. The SMILES string of the molecule is O=c1[nH][nH]c2ccc3ccccc3c2c(=O)c1=O. The summed E-state index contributed by atoms with van der Waals surface area (Å²) in [5.41, 5.74) is -2.36. The average Bonchev–Trinajstić information content (AvgIpc) is 2.51. The predicted octanol–water partition coefficient (Wildman–Crippen LogP) is 0.730. The summed E-state index contributed by atoms with van der Waals surface area (Å²) in [7, 11) is 0. The van der Waals surface area contributed by atoms with Crippen LogP contribution in [-0.2, 0) is 0 Å². The van der Waals surface area contributed by atoms with Crippen LogP contribution in [0.2, 0.25) is 0 Å². The number of fused-ring (bicyclic) bond motifs is 3. The third kappa shape index (κ3) is 1.37. The number of H-pyrrole nitrogens is 2. The van der Waals surface area contributed by atoms with Gasteiger partial charge in [-0.3, -0.25) is 24.6 Å². The molecule has 5 nitrogen and oxygen atoms in total. The van der Waals surface area contributed by atoms with E-state index < -0.39 is 16.4 Å². The molecule has 0 bridgehead atoms. The second kappa shape index (κ2) is 3.66. The molecule has 2 aromatic carbocycles. The molecule has 0 saturated carbocycles. The smallest absolute Gasteiger partial charge is 0.297 e. The van der Waals surface area contributed by atoms with E-state index in [9.17, 15) is 14.4 Å². The minimum Gasteiger partial charge on any atom is -0.297 e. The number of aromatic amines is 2. The predicted molar refractivity (Wildman–Crippen MR) is 69.0 cm³/mol. The van der Waals surface area contributed by atoms with Crippen molar-refractivity contribution in [3.8, 4) is 0 Å². The number of hydrogen-bond acceptors (Lipinski definition) is 3. The van der Waals surface area contributed by atoms with Gasteiger partial charge in [0.15, 0.2) is 0 Å². The molecular formula is C13H8N2O3. The maximum absolute atomic E-state index is 12.0. The van der Waals surface area contributed by atoms with Crippen LogP contribution in [0.4, 0.5) is 0 Å². The first kappa shape index (κ1) is 10.5. The third-order valence-corrected chi connectivity index (χ3v) is 2.88. The molecule has 0 aliphatic rings. The van der Waals surface area contributed by atoms with Crippen LogP contribution in [0.1, 0.15) is 0 Å². The molecule has 0 spiro atoms. The maximum atomic E-state index is 12.0. The first-order chi connectivity index (χ1) is 8.68. The lowest BCUT2D eigenvalue weighted by Crippen LogP contribution is -2.36. The first-order valence-corrected chi connectivity index (χ1v) is 5.35. The summed E-state index contributed by atoms with van der Waals surface area (Å²) >= 11 is 0. The highest BCUT2D eigenvalue weighted by molar-refractivity contribution is 6.05. The molecule has 18 heavy (non-hydrogen) atoms. The van der Waals surface area contributed by atoms with E-state index in [0.717, 1.165) is 5.39 Å². The van der Waals surface area contributed by atoms with Crippen molar-refractivity contribution in [2.75, 3.05) is 0 Å². The van der Waals surface area contributed by atoms with E-state index in [1.54, 1.807) is 18.2 Å². The monoisotopic (exact) mass is 240 g/mol. The molecule has 1 aromatic heterocycles. The molecule has 0 atom stereocenters. The van der Waals surface area contributed by atoms with Gasteiger partial charge in [0.2, 0.25) is 5.43 Å². The van der Waals surface area contributed by atoms with Crippen molar-refractivity contribution in [2.45, 2.75) is 0 Å². The minimum atomic E-state index is -1.06. The Morgan fingerprint density at radius 3 is 2.39 bits per heavy atom. The molecule has 0 fully saturated rings. The summed E-state index contributed by atoms with van der Waals surface area (Å²) in [5, 5.41) is 6.50. The summed E-state index contributed by atoms with van der Waals surface area (Å²) in [4.78, 5) is 34.8. The first-order valence-electron chi connectivity index (χ1n) is 5.35. The van der Waals surface area contributed by atoms with Crippen LogP contribution in [0.3, 0.4) is 0 Å². The lowest BCUT2D eigenvalue weighted by molar-refractivity contribution is 1.03. The fraction of sp³-hybridized carbons (Fsp3) is 0. The topological polar surface area (TPSA) is 82.8 Å². The molecule has 0 saturated heterocycles. The van der Waals surface area contributed by atoms with E-state index in [1.807, 2.05) is 18.2 Å². The molecule has 3 rings (SSSR count). The van der Waals surface area contributed by atoms with Crippen molar-refractivity contribution in [1.29, 1.82) is 0 Å². The average molecular weight is 240 g/mol. The van der Waals surface area contributed by atoms with Crippen molar-refractivity contribution in [3.63, 3.8) is 0 Å². The van der Waals surface area contributed by atoms with Crippen LogP contribution < -0.4 is 16.4 Å². The van der Waals surface area contributed by atoms with E-state index in [2.05, 4.69) is 10.2 Å².